The molecule has 3 nitrogen and oxygen atoms in total. The summed E-state index contributed by atoms with van der Waals surface area (Å²) in [5.41, 5.74) is 0. The molecule has 70 valence electrons. The fourth-order valence-corrected chi connectivity index (χ4v) is 0.822. The maximum absolute atomic E-state index is 10.9. The van der Waals surface area contributed by atoms with Gasteiger partial charge in [0.25, 0.3) is 0 Å². The molecule has 1 N–H and O–H groups in total. The molecule has 0 rings (SSSR count). The molecule has 0 fully saturated rings. The van der Waals surface area contributed by atoms with E-state index in [4.69, 9.17) is 4.74 Å². The van der Waals surface area contributed by atoms with E-state index in [0.717, 1.165) is 12.8 Å². The van der Waals surface area contributed by atoms with Crippen molar-refractivity contribution in [1.29, 1.82) is 0 Å². The van der Waals surface area contributed by atoms with Crippen molar-refractivity contribution in [2.75, 3.05) is 13.6 Å². The summed E-state index contributed by atoms with van der Waals surface area (Å²) in [6.07, 6.45) is 3.54. The maximum atomic E-state index is 10.9. The number of esters is 1. The normalized spacial score (nSPS) is 12.2. The highest BCUT2D eigenvalue weighted by atomic mass is 16.5. The first-order valence-corrected chi connectivity index (χ1v) is 4.15. The number of allylic oxidation sites excluding steroid dienone is 1. The first-order valence-electron chi connectivity index (χ1n) is 4.15. The lowest BCUT2D eigenvalue weighted by Crippen LogP contribution is -2.24. The smallest absolute Gasteiger partial charge is 0.320 e. The second-order valence-electron chi connectivity index (χ2n) is 2.70. The number of rotatable bonds is 6. The number of likely N-dealkylation sites (N-methyl/N-ethyl adjacent to an activating group) is 1. The van der Waals surface area contributed by atoms with Crippen LogP contribution in [0.5, 0.6) is 0 Å². The fraction of sp³-hybridized carbons (Fsp3) is 0.667. The molecule has 3 heteroatoms. The number of nitrogens with one attached hydrogen (secondary N) is 1. The molecule has 0 saturated carbocycles. The van der Waals surface area contributed by atoms with E-state index >= 15 is 0 Å². The Labute approximate surface area is 73.8 Å². The van der Waals surface area contributed by atoms with Gasteiger partial charge in [-0.2, -0.15) is 0 Å². The van der Waals surface area contributed by atoms with Crippen LogP contribution in [0.1, 0.15) is 19.8 Å². The van der Waals surface area contributed by atoms with Gasteiger partial charge in [0.1, 0.15) is 0 Å². The van der Waals surface area contributed by atoms with Gasteiger partial charge in [0.05, 0.1) is 12.6 Å². The number of hydrogen-bond acceptors (Lipinski definition) is 3. The van der Waals surface area contributed by atoms with Crippen LogP contribution in [0.3, 0.4) is 0 Å². The lowest BCUT2D eigenvalue weighted by atomic mass is 10.2. The third-order valence-corrected chi connectivity index (χ3v) is 1.43. The van der Waals surface area contributed by atoms with Gasteiger partial charge in [-0.25, -0.2) is 0 Å². The van der Waals surface area contributed by atoms with Crippen molar-refractivity contribution in [2.45, 2.75) is 25.9 Å². The second-order valence-corrected chi connectivity index (χ2v) is 2.70. The van der Waals surface area contributed by atoms with Crippen LogP contribution in [0.25, 0.3) is 0 Å². The molecule has 0 radical (unpaired) electrons. The van der Waals surface area contributed by atoms with Gasteiger partial charge in [-0.15, -0.1) is 6.58 Å². The van der Waals surface area contributed by atoms with Crippen LogP contribution in [-0.4, -0.2) is 25.7 Å². The molecule has 0 heterocycles. The Morgan fingerprint density at radius 1 is 1.75 bits per heavy atom. The Balaban J connectivity index is 3.46. The van der Waals surface area contributed by atoms with Gasteiger partial charge in [0, 0.05) is 0 Å². The summed E-state index contributed by atoms with van der Waals surface area (Å²) in [5.74, 6) is -0.200. The van der Waals surface area contributed by atoms with Gasteiger partial charge in [0.15, 0.2) is 0 Å². The topological polar surface area (TPSA) is 38.3 Å². The molecule has 0 saturated heterocycles. The number of ether oxygens (including phenoxy) is 1. The van der Waals surface area contributed by atoms with Crippen LogP contribution in [0.15, 0.2) is 12.7 Å². The predicted molar refractivity (Wildman–Crippen MR) is 48.9 cm³/mol. The number of hydrogen-bond donors (Lipinski definition) is 1. The molecule has 0 aliphatic carbocycles. The van der Waals surface area contributed by atoms with Crippen LogP contribution in [0.4, 0.5) is 0 Å². The third-order valence-electron chi connectivity index (χ3n) is 1.43. The number of carbonyl (C=O) groups is 1. The zero-order valence-corrected chi connectivity index (χ0v) is 7.80. The first-order chi connectivity index (χ1) is 5.70. The molecule has 1 unspecified atom stereocenters. The minimum atomic E-state index is -0.200. The van der Waals surface area contributed by atoms with Gasteiger partial charge in [-0.1, -0.05) is 6.08 Å². The third kappa shape index (κ3) is 5.92. The highest BCUT2D eigenvalue weighted by Crippen LogP contribution is 2.01. The summed E-state index contributed by atoms with van der Waals surface area (Å²) in [7, 11) is 1.72. The summed E-state index contributed by atoms with van der Waals surface area (Å²) in [5, 5.41) is 2.73. The first kappa shape index (κ1) is 11.2. The van der Waals surface area contributed by atoms with Crippen molar-refractivity contribution in [1.82, 2.24) is 5.32 Å². The Morgan fingerprint density at radius 2 is 2.42 bits per heavy atom. The summed E-state index contributed by atoms with van der Waals surface area (Å²) in [6.45, 7) is 5.76. The van der Waals surface area contributed by atoms with Crippen LogP contribution < -0.4 is 5.32 Å². The minimum absolute atomic E-state index is 0.0103. The molecule has 0 bridgehead atoms. The van der Waals surface area contributed by atoms with Crippen LogP contribution in [0.2, 0.25) is 0 Å². The molecule has 1 atom stereocenters. The molecule has 12 heavy (non-hydrogen) atoms. The van der Waals surface area contributed by atoms with E-state index < -0.39 is 0 Å². The molecular weight excluding hydrogens is 154 g/mol. The van der Waals surface area contributed by atoms with Gasteiger partial charge in [-0.3, -0.25) is 4.79 Å². The molecule has 0 aromatic rings. The quantitative estimate of drug-likeness (QED) is 0.480. The lowest BCUT2D eigenvalue weighted by Gasteiger charge is -2.11. The van der Waals surface area contributed by atoms with E-state index in [1.165, 1.54) is 0 Å². The molecule has 0 aliphatic heterocycles. The highest BCUT2D eigenvalue weighted by molar-refractivity contribution is 5.71. The van der Waals surface area contributed by atoms with Crippen molar-refractivity contribution < 1.29 is 9.53 Å². The van der Waals surface area contributed by atoms with E-state index in [1.807, 2.05) is 13.0 Å². The fourth-order valence-electron chi connectivity index (χ4n) is 0.822. The van der Waals surface area contributed by atoms with Crippen LogP contribution in [-0.2, 0) is 9.53 Å². The van der Waals surface area contributed by atoms with Crippen molar-refractivity contribution >= 4 is 5.97 Å². The average Bonchev–Trinajstić information content (AvgIpc) is 2.01. The van der Waals surface area contributed by atoms with Gasteiger partial charge < -0.3 is 10.1 Å². The van der Waals surface area contributed by atoms with Crippen molar-refractivity contribution in [2.24, 2.45) is 0 Å². The second kappa shape index (κ2) is 6.85. The van der Waals surface area contributed by atoms with E-state index in [1.54, 1.807) is 7.05 Å². The minimum Gasteiger partial charge on any atom is -0.462 e. The Hall–Kier alpha value is -0.830. The molecule has 0 aromatic heterocycles. The summed E-state index contributed by atoms with van der Waals surface area (Å²) < 4.78 is 5.04. The predicted octanol–water partition coefficient (Wildman–Crippen LogP) is 1.10. The largest absolute Gasteiger partial charge is 0.462 e. The molecule has 0 aromatic carbocycles. The van der Waals surface area contributed by atoms with Crippen molar-refractivity contribution in [3.63, 3.8) is 0 Å². The van der Waals surface area contributed by atoms with Crippen molar-refractivity contribution in [3.05, 3.63) is 12.7 Å². The molecular formula is C9H17NO2. The zero-order chi connectivity index (χ0) is 9.40. The average molecular weight is 171 g/mol. The van der Waals surface area contributed by atoms with E-state index in [-0.39, 0.29) is 18.6 Å². The van der Waals surface area contributed by atoms with Gasteiger partial charge in [-0.05, 0) is 26.8 Å². The zero-order valence-electron chi connectivity index (χ0n) is 7.80. The van der Waals surface area contributed by atoms with Gasteiger partial charge in [0.2, 0.25) is 0 Å². The molecule has 0 aliphatic rings. The summed E-state index contributed by atoms with van der Waals surface area (Å²) in [4.78, 5) is 10.9. The lowest BCUT2D eigenvalue weighted by molar-refractivity contribution is -0.147. The van der Waals surface area contributed by atoms with Crippen LogP contribution >= 0.6 is 0 Å². The van der Waals surface area contributed by atoms with Crippen molar-refractivity contribution in [3.8, 4) is 0 Å². The van der Waals surface area contributed by atoms with E-state index in [0.29, 0.717) is 0 Å². The molecule has 0 amide bonds. The van der Waals surface area contributed by atoms with E-state index in [2.05, 4.69) is 11.9 Å². The summed E-state index contributed by atoms with van der Waals surface area (Å²) >= 11 is 0. The standard InChI is InChI=1S/C9H17NO2/c1-4-5-6-8(2)12-9(11)7-10-3/h4,8,10H,1,5-7H2,2-3H3. The summed E-state index contributed by atoms with van der Waals surface area (Å²) in [6, 6.07) is 0. The Morgan fingerprint density at radius 3 is 2.92 bits per heavy atom. The molecule has 0 spiro atoms. The van der Waals surface area contributed by atoms with Gasteiger partial charge >= 0.3 is 5.97 Å². The van der Waals surface area contributed by atoms with Crippen LogP contribution in [0, 0.1) is 0 Å². The number of carbonyl (C=O) groups excluding carboxylic acids is 1. The SMILES string of the molecule is C=CCCC(C)OC(=O)CNC. The Kier molecular flexibility index (Phi) is 6.38. The maximum Gasteiger partial charge on any atom is 0.320 e. The Bertz CT molecular complexity index is 145. The van der Waals surface area contributed by atoms with E-state index in [9.17, 15) is 4.79 Å². The monoisotopic (exact) mass is 171 g/mol. The highest BCUT2D eigenvalue weighted by Gasteiger charge is 2.06.